The number of rotatable bonds is 4. The predicted molar refractivity (Wildman–Crippen MR) is 127 cm³/mol. The quantitative estimate of drug-likeness (QED) is 0.478. The van der Waals surface area contributed by atoms with Crippen molar-refractivity contribution in [3.63, 3.8) is 0 Å². The van der Waals surface area contributed by atoms with E-state index in [1.165, 1.54) is 11.3 Å². The molecule has 1 aliphatic heterocycles. The number of carbonyl (C=O) groups is 1. The second kappa shape index (κ2) is 7.91. The average molecular weight is 413 g/mol. The molecule has 5 heteroatoms. The van der Waals surface area contributed by atoms with E-state index in [2.05, 4.69) is 85.1 Å². The lowest BCUT2D eigenvalue weighted by Crippen LogP contribution is -2.23. The Labute approximate surface area is 183 Å². The lowest BCUT2D eigenvalue weighted by molar-refractivity contribution is 0.0955. The van der Waals surface area contributed by atoms with Crippen LogP contribution >= 0.6 is 0 Å². The Bertz CT molecular complexity index is 1160. The van der Waals surface area contributed by atoms with Crippen molar-refractivity contribution >= 4 is 17.8 Å². The number of anilines is 1. The maximum Gasteiger partial charge on any atom is 0.271 e. The van der Waals surface area contributed by atoms with E-state index >= 15 is 0 Å². The van der Waals surface area contributed by atoms with Gasteiger partial charge >= 0.3 is 0 Å². The zero-order chi connectivity index (χ0) is 22.2. The summed E-state index contributed by atoms with van der Waals surface area (Å²) in [7, 11) is 2.06. The number of aromatic nitrogens is 1. The molecule has 3 aromatic rings. The number of para-hydroxylation sites is 1. The first-order chi connectivity index (χ1) is 14.8. The maximum absolute atomic E-state index is 12.5. The molecule has 0 radical (unpaired) electrons. The fourth-order valence-corrected chi connectivity index (χ4v) is 4.41. The predicted octanol–water partition coefficient (Wildman–Crippen LogP) is 5.12. The number of hydrogen-bond donors (Lipinski definition) is 1. The van der Waals surface area contributed by atoms with E-state index in [1.807, 2.05) is 36.4 Å². The second-order valence-corrected chi connectivity index (χ2v) is 8.47. The van der Waals surface area contributed by atoms with Crippen molar-refractivity contribution in [1.82, 2.24) is 9.99 Å². The maximum atomic E-state index is 12.5. The van der Waals surface area contributed by atoms with Gasteiger partial charge in [-0.25, -0.2) is 5.43 Å². The van der Waals surface area contributed by atoms with E-state index < -0.39 is 0 Å². The van der Waals surface area contributed by atoms with E-state index in [1.54, 1.807) is 6.21 Å². The molecule has 4 rings (SSSR count). The zero-order valence-electron chi connectivity index (χ0n) is 18.7. The van der Waals surface area contributed by atoms with E-state index in [-0.39, 0.29) is 11.3 Å². The van der Waals surface area contributed by atoms with Gasteiger partial charge in [0.25, 0.3) is 5.91 Å². The highest BCUT2D eigenvalue weighted by Crippen LogP contribution is 2.46. The van der Waals surface area contributed by atoms with Gasteiger partial charge in [0.2, 0.25) is 0 Å². The highest BCUT2D eigenvalue weighted by atomic mass is 16.2. The average Bonchev–Trinajstić information content (AvgIpc) is 3.19. The summed E-state index contributed by atoms with van der Waals surface area (Å²) >= 11 is 0. The lowest BCUT2D eigenvalue weighted by atomic mass is 9.84. The van der Waals surface area contributed by atoms with E-state index in [4.69, 9.17) is 0 Å². The Morgan fingerprint density at radius 1 is 0.968 bits per heavy atom. The summed E-state index contributed by atoms with van der Waals surface area (Å²) in [5.74, 6) is -0.232. The minimum absolute atomic E-state index is 0.119. The van der Waals surface area contributed by atoms with E-state index in [0.717, 1.165) is 22.8 Å². The van der Waals surface area contributed by atoms with Crippen molar-refractivity contribution in [2.45, 2.75) is 33.1 Å². The molecular formula is C26H28N4O. The third-order valence-electron chi connectivity index (χ3n) is 6.07. The lowest BCUT2D eigenvalue weighted by Gasteiger charge is -2.23. The molecule has 0 saturated heterocycles. The molecule has 1 aliphatic rings. The number of fused-ring (bicyclic) bond motifs is 1. The smallest absolute Gasteiger partial charge is 0.271 e. The van der Waals surface area contributed by atoms with Crippen LogP contribution in [0.2, 0.25) is 0 Å². The van der Waals surface area contributed by atoms with Crippen LogP contribution in [0.5, 0.6) is 0 Å². The highest BCUT2D eigenvalue weighted by molar-refractivity contribution is 5.94. The Morgan fingerprint density at radius 3 is 2.26 bits per heavy atom. The third kappa shape index (κ3) is 3.67. The Morgan fingerprint density at radius 2 is 1.61 bits per heavy atom. The van der Waals surface area contributed by atoms with Gasteiger partial charge in [-0.2, -0.15) is 5.10 Å². The number of aryl methyl sites for hydroxylation is 2. The Kier molecular flexibility index (Phi) is 5.27. The highest BCUT2D eigenvalue weighted by Gasteiger charge is 2.37. The summed E-state index contributed by atoms with van der Waals surface area (Å²) in [5.41, 5.74) is 10.1. The molecule has 2 heterocycles. The van der Waals surface area contributed by atoms with Crippen molar-refractivity contribution in [2.24, 2.45) is 5.10 Å². The third-order valence-corrected chi connectivity index (χ3v) is 6.07. The first-order valence-electron chi connectivity index (χ1n) is 10.4. The van der Waals surface area contributed by atoms with Crippen molar-refractivity contribution in [2.75, 3.05) is 11.9 Å². The summed E-state index contributed by atoms with van der Waals surface area (Å²) < 4.78 is 2.16. The number of amides is 1. The molecule has 1 amide bonds. The molecule has 0 saturated carbocycles. The molecule has 2 aromatic carbocycles. The SMILES string of the molecule is Cc1ccc(C)n1-c1ccc(C(=O)N/N=C\C=C2\N(C)c3ccccc3C2(C)C)cc1. The van der Waals surface area contributed by atoms with Crippen LogP contribution in [0, 0.1) is 13.8 Å². The zero-order valence-corrected chi connectivity index (χ0v) is 18.7. The summed E-state index contributed by atoms with van der Waals surface area (Å²) in [5, 5.41) is 4.14. The van der Waals surface area contributed by atoms with Gasteiger partial charge in [-0.3, -0.25) is 4.79 Å². The molecule has 0 spiro atoms. The number of allylic oxidation sites excluding steroid dienone is 2. The molecule has 158 valence electrons. The van der Waals surface area contributed by atoms with Gasteiger partial charge in [-0.05, 0) is 68.0 Å². The molecule has 1 aromatic heterocycles. The largest absolute Gasteiger partial charge is 0.347 e. The molecule has 31 heavy (non-hydrogen) atoms. The minimum atomic E-state index is -0.232. The number of hydrogen-bond acceptors (Lipinski definition) is 3. The number of benzene rings is 2. The van der Waals surface area contributed by atoms with Gasteiger partial charge in [0.05, 0.1) is 0 Å². The van der Waals surface area contributed by atoms with Crippen LogP contribution in [0.3, 0.4) is 0 Å². The van der Waals surface area contributed by atoms with Gasteiger partial charge in [-0.15, -0.1) is 0 Å². The molecule has 0 unspecified atom stereocenters. The summed E-state index contributed by atoms with van der Waals surface area (Å²) in [6.07, 6.45) is 3.61. The first-order valence-corrected chi connectivity index (χ1v) is 10.4. The number of nitrogens with one attached hydrogen (secondary N) is 1. The van der Waals surface area contributed by atoms with Gasteiger partial charge < -0.3 is 9.47 Å². The molecular weight excluding hydrogens is 384 g/mol. The summed E-state index contributed by atoms with van der Waals surface area (Å²) in [6.45, 7) is 8.53. The van der Waals surface area contributed by atoms with Gasteiger partial charge in [-0.1, -0.05) is 32.0 Å². The standard InChI is InChI=1S/C26H28N4O/c1-18-10-11-19(2)30(18)21-14-12-20(13-15-21)25(31)28-27-17-16-24-26(3,4)22-8-6-7-9-23(22)29(24)5/h6-17H,1-5H3,(H,28,31)/b24-16+,27-17-. The number of likely N-dealkylation sites (N-methyl/N-ethyl adjacent to an activating group) is 1. The van der Waals surface area contributed by atoms with Crippen molar-refractivity contribution < 1.29 is 4.79 Å². The number of hydrazone groups is 1. The molecule has 5 nitrogen and oxygen atoms in total. The molecule has 0 aliphatic carbocycles. The van der Waals surface area contributed by atoms with Crippen molar-refractivity contribution in [3.05, 3.63) is 95.0 Å². The second-order valence-electron chi connectivity index (χ2n) is 8.47. The van der Waals surface area contributed by atoms with Crippen LogP contribution in [-0.2, 0) is 5.41 Å². The first kappa shape index (κ1) is 20.7. The van der Waals surface area contributed by atoms with Crippen LogP contribution in [0.4, 0.5) is 5.69 Å². The van der Waals surface area contributed by atoms with Crippen LogP contribution in [0.25, 0.3) is 5.69 Å². The Balaban J connectivity index is 1.45. The fraction of sp³-hybridized carbons (Fsp3) is 0.231. The number of carbonyl (C=O) groups excluding carboxylic acids is 1. The fourth-order valence-electron chi connectivity index (χ4n) is 4.41. The van der Waals surface area contributed by atoms with Crippen LogP contribution < -0.4 is 10.3 Å². The van der Waals surface area contributed by atoms with Crippen molar-refractivity contribution in [3.8, 4) is 5.69 Å². The summed E-state index contributed by atoms with van der Waals surface area (Å²) in [4.78, 5) is 14.7. The number of nitrogens with zero attached hydrogens (tertiary/aromatic N) is 3. The molecule has 0 fully saturated rings. The van der Waals surface area contributed by atoms with Crippen molar-refractivity contribution in [1.29, 1.82) is 0 Å². The van der Waals surface area contributed by atoms with Crippen LogP contribution in [0.15, 0.2) is 77.5 Å². The van der Waals surface area contributed by atoms with Gasteiger partial charge in [0, 0.05) is 52.7 Å². The minimum Gasteiger partial charge on any atom is -0.347 e. The van der Waals surface area contributed by atoms with Gasteiger partial charge in [0.15, 0.2) is 0 Å². The monoisotopic (exact) mass is 412 g/mol. The van der Waals surface area contributed by atoms with E-state index in [0.29, 0.717) is 5.56 Å². The normalized spacial score (nSPS) is 16.2. The molecule has 0 atom stereocenters. The molecule has 1 N–H and O–H groups in total. The van der Waals surface area contributed by atoms with Crippen LogP contribution in [0.1, 0.15) is 41.2 Å². The topological polar surface area (TPSA) is 49.6 Å². The molecule has 0 bridgehead atoms. The van der Waals surface area contributed by atoms with Crippen LogP contribution in [-0.4, -0.2) is 23.7 Å². The van der Waals surface area contributed by atoms with E-state index in [9.17, 15) is 4.79 Å². The van der Waals surface area contributed by atoms with Gasteiger partial charge in [0.1, 0.15) is 0 Å². The summed E-state index contributed by atoms with van der Waals surface area (Å²) in [6, 6.07) is 20.1. The Hall–Kier alpha value is -3.60.